The van der Waals surface area contributed by atoms with Crippen LogP contribution in [0.25, 0.3) is 0 Å². The van der Waals surface area contributed by atoms with Gasteiger partial charge in [-0.1, -0.05) is 33.8 Å². The highest BCUT2D eigenvalue weighted by molar-refractivity contribution is 6.04. The fourth-order valence-electron chi connectivity index (χ4n) is 3.20. The maximum atomic E-state index is 14.7. The van der Waals surface area contributed by atoms with Gasteiger partial charge in [-0.15, -0.1) is 0 Å². The van der Waals surface area contributed by atoms with Crippen molar-refractivity contribution in [3.63, 3.8) is 0 Å². The van der Waals surface area contributed by atoms with Crippen molar-refractivity contribution in [2.45, 2.75) is 53.9 Å². The second kappa shape index (κ2) is 16.0. The Morgan fingerprint density at radius 3 is 2.55 bits per heavy atom. The van der Waals surface area contributed by atoms with E-state index in [0.29, 0.717) is 12.3 Å². The minimum Gasteiger partial charge on any atom is -0.494 e. The third-order valence-electron chi connectivity index (χ3n) is 4.82. The lowest BCUT2D eigenvalue weighted by Gasteiger charge is -2.17. The number of nitrogens with one attached hydrogen (secondary N) is 2. The Kier molecular flexibility index (Phi) is 14.6. The topological polar surface area (TPSA) is 83.0 Å². The number of hydrogen-bond donors (Lipinski definition) is 2. The van der Waals surface area contributed by atoms with Crippen LogP contribution in [0, 0.1) is 5.82 Å². The molecule has 1 aromatic rings. The lowest BCUT2D eigenvalue weighted by molar-refractivity contribution is -0.124. The number of benzene rings is 1. The Labute approximate surface area is 201 Å². The molecule has 0 unspecified atom stereocenters. The molecule has 2 rings (SSSR count). The molecule has 190 valence electrons. The average Bonchev–Trinajstić information content (AvgIpc) is 3.00. The predicted molar refractivity (Wildman–Crippen MR) is 138 cm³/mol. The van der Waals surface area contributed by atoms with Gasteiger partial charge in [0.2, 0.25) is 5.91 Å². The number of likely N-dealkylation sites (N-methyl/N-ethyl adjacent to an activating group) is 2. The van der Waals surface area contributed by atoms with Gasteiger partial charge in [-0.2, -0.15) is 0 Å². The van der Waals surface area contributed by atoms with Crippen molar-refractivity contribution in [2.24, 2.45) is 4.99 Å². The first-order chi connectivity index (χ1) is 15.3. The number of amides is 2. The monoisotopic (exact) mass is 468 g/mol. The highest BCUT2D eigenvalue weighted by atomic mass is 19.1. The van der Waals surface area contributed by atoms with Crippen molar-refractivity contribution < 1.29 is 21.6 Å². The quantitative estimate of drug-likeness (QED) is 0.478. The van der Waals surface area contributed by atoms with Crippen LogP contribution in [0.4, 0.5) is 4.39 Å². The molecule has 1 aliphatic rings. The van der Waals surface area contributed by atoms with E-state index in [9.17, 15) is 14.0 Å². The van der Waals surface area contributed by atoms with E-state index in [1.54, 1.807) is 19.1 Å². The fourth-order valence-corrected chi connectivity index (χ4v) is 3.20. The second-order valence-corrected chi connectivity index (χ2v) is 7.73. The molecule has 2 N–H and O–H groups in total. The summed E-state index contributed by atoms with van der Waals surface area (Å²) in [5.41, 5.74) is 1.75. The van der Waals surface area contributed by atoms with E-state index in [1.807, 2.05) is 7.05 Å². The molecule has 1 heterocycles. The highest BCUT2D eigenvalue weighted by Crippen LogP contribution is 2.23. The summed E-state index contributed by atoms with van der Waals surface area (Å²) in [7, 11) is 4.89. The van der Waals surface area contributed by atoms with Gasteiger partial charge >= 0.3 is 0 Å². The van der Waals surface area contributed by atoms with Crippen LogP contribution in [0.15, 0.2) is 34.5 Å². The number of nitrogens with zero attached hydrogens (tertiary/aromatic N) is 2. The lowest BCUT2D eigenvalue weighted by Crippen LogP contribution is -2.36. The van der Waals surface area contributed by atoms with Crippen LogP contribution >= 0.6 is 0 Å². The molecule has 1 saturated heterocycles. The first kappa shape index (κ1) is 30.3. The fraction of sp³-hybridized carbons (Fsp3) is 0.560. The van der Waals surface area contributed by atoms with Gasteiger partial charge in [0.05, 0.1) is 13.7 Å². The zero-order valence-corrected chi connectivity index (χ0v) is 20.2. The largest absolute Gasteiger partial charge is 0.494 e. The lowest BCUT2D eigenvalue weighted by atomic mass is 10.1. The standard InChI is InChI=1S/C21H29FN4O3.C3H8.CH4.2H2/c1-14(16-9-7-10-17(29-4)19(16)22)25-20(21(28)24-12-18(27)23-2)15-8-5-6-11-26(3)13-15;1-3-2;;;/h7,9-10H,5-6,8,11-13H2,1-4H3,(H,23,27)(H,24,28);3H2,1-2H3;1H4;2*1H/b20-15+,25-14?;;;;. The molecule has 8 heteroatoms. The van der Waals surface area contributed by atoms with E-state index >= 15 is 0 Å². The van der Waals surface area contributed by atoms with Gasteiger partial charge in [-0.3, -0.25) is 9.59 Å². The first-order valence-electron chi connectivity index (χ1n) is 11.1. The highest BCUT2D eigenvalue weighted by Gasteiger charge is 2.20. The molecular weight excluding hydrogens is 423 g/mol. The Morgan fingerprint density at radius 1 is 1.27 bits per heavy atom. The number of carbonyl (C=O) groups is 2. The number of hydrogen-bond acceptors (Lipinski definition) is 5. The second-order valence-electron chi connectivity index (χ2n) is 7.73. The van der Waals surface area contributed by atoms with Gasteiger partial charge in [-0.25, -0.2) is 9.38 Å². The summed E-state index contributed by atoms with van der Waals surface area (Å²) in [6.45, 7) is 7.29. The van der Waals surface area contributed by atoms with Crippen LogP contribution in [0.5, 0.6) is 5.75 Å². The van der Waals surface area contributed by atoms with Crippen LogP contribution in [0.3, 0.4) is 0 Å². The van der Waals surface area contributed by atoms with E-state index in [0.717, 1.165) is 31.4 Å². The maximum Gasteiger partial charge on any atom is 0.270 e. The molecule has 0 saturated carbocycles. The third-order valence-corrected chi connectivity index (χ3v) is 4.82. The molecule has 1 aliphatic heterocycles. The van der Waals surface area contributed by atoms with Crippen LogP contribution in [-0.2, 0) is 9.59 Å². The number of carbonyl (C=O) groups excluding carboxylic acids is 2. The summed E-state index contributed by atoms with van der Waals surface area (Å²) >= 11 is 0. The summed E-state index contributed by atoms with van der Waals surface area (Å²) in [6, 6.07) is 4.80. The van der Waals surface area contributed by atoms with Crippen molar-refractivity contribution in [2.75, 3.05) is 40.8 Å². The van der Waals surface area contributed by atoms with Crippen LogP contribution < -0.4 is 15.4 Å². The van der Waals surface area contributed by atoms with Gasteiger partial charge in [0, 0.05) is 27.7 Å². The molecule has 2 amide bonds. The molecule has 1 fully saturated rings. The van der Waals surface area contributed by atoms with Gasteiger partial charge in [0.1, 0.15) is 5.70 Å². The van der Waals surface area contributed by atoms with Crippen LogP contribution in [0.1, 0.15) is 62.3 Å². The van der Waals surface area contributed by atoms with Crippen LogP contribution in [0.2, 0.25) is 0 Å². The molecule has 0 spiro atoms. The molecule has 33 heavy (non-hydrogen) atoms. The number of likely N-dealkylation sites (tertiary alicyclic amines) is 1. The average molecular weight is 469 g/mol. The SMILES string of the molecule is C.CCC.CNC(=O)CNC(=O)/C(N=C(C)c1cccc(OC)c1F)=C1/CCCCN(C)C1.[HH].[HH]. The molecular formula is C25H45FN4O3. The number of ether oxygens (including phenoxy) is 1. The minimum atomic E-state index is -0.524. The minimum absolute atomic E-state index is 0. The Bertz CT molecular complexity index is 848. The smallest absolute Gasteiger partial charge is 0.270 e. The normalized spacial score (nSPS) is 15.8. The Morgan fingerprint density at radius 2 is 1.94 bits per heavy atom. The molecule has 0 aliphatic carbocycles. The number of aliphatic imine (C=N–C) groups is 1. The van der Waals surface area contributed by atoms with E-state index < -0.39 is 11.7 Å². The van der Waals surface area contributed by atoms with Gasteiger partial charge in [0.25, 0.3) is 5.91 Å². The molecule has 0 radical (unpaired) electrons. The zero-order chi connectivity index (χ0) is 24.1. The van der Waals surface area contributed by atoms with Gasteiger partial charge in [0.15, 0.2) is 11.6 Å². The molecule has 0 atom stereocenters. The van der Waals surface area contributed by atoms with E-state index in [4.69, 9.17) is 4.74 Å². The predicted octanol–water partition coefficient (Wildman–Crippen LogP) is 4.42. The summed E-state index contributed by atoms with van der Waals surface area (Å²) in [4.78, 5) is 31.0. The summed E-state index contributed by atoms with van der Waals surface area (Å²) in [6.07, 6.45) is 3.94. The van der Waals surface area contributed by atoms with E-state index in [1.165, 1.54) is 26.6 Å². The molecule has 0 bridgehead atoms. The summed E-state index contributed by atoms with van der Waals surface area (Å²) < 4.78 is 19.7. The Balaban J connectivity index is -0.00000162. The van der Waals surface area contributed by atoms with Gasteiger partial charge < -0.3 is 20.3 Å². The van der Waals surface area contributed by atoms with E-state index in [2.05, 4.69) is 34.4 Å². The molecule has 0 aromatic heterocycles. The van der Waals surface area contributed by atoms with Crippen molar-refractivity contribution in [3.8, 4) is 5.75 Å². The van der Waals surface area contributed by atoms with Crippen molar-refractivity contribution in [1.29, 1.82) is 0 Å². The number of halogens is 1. The molecule has 7 nitrogen and oxygen atoms in total. The summed E-state index contributed by atoms with van der Waals surface area (Å²) in [5, 5.41) is 5.07. The maximum absolute atomic E-state index is 14.7. The number of rotatable bonds is 6. The van der Waals surface area contributed by atoms with Crippen molar-refractivity contribution >= 4 is 17.5 Å². The third kappa shape index (κ3) is 9.74. The first-order valence-corrected chi connectivity index (χ1v) is 11.1. The molecule has 1 aromatic carbocycles. The Hall–Kier alpha value is -2.74. The zero-order valence-electron chi connectivity index (χ0n) is 20.2. The van der Waals surface area contributed by atoms with Crippen molar-refractivity contribution in [3.05, 3.63) is 40.8 Å². The number of methoxy groups -OCH3 is 1. The van der Waals surface area contributed by atoms with E-state index in [-0.39, 0.29) is 39.7 Å². The summed E-state index contributed by atoms with van der Waals surface area (Å²) in [5.74, 6) is -1.16. The van der Waals surface area contributed by atoms with Crippen molar-refractivity contribution in [1.82, 2.24) is 15.5 Å². The van der Waals surface area contributed by atoms with Crippen LogP contribution in [-0.4, -0.2) is 63.3 Å². The van der Waals surface area contributed by atoms with Gasteiger partial charge in [-0.05, 0) is 57.5 Å².